The second-order valence-electron chi connectivity index (χ2n) is 8.94. The van der Waals surface area contributed by atoms with Crippen LogP contribution in [0.15, 0.2) is 89.8 Å². The Morgan fingerprint density at radius 2 is 1.53 bits per heavy atom. The monoisotopic (exact) mass is 522 g/mol. The summed E-state index contributed by atoms with van der Waals surface area (Å²) in [5.74, 6) is 0.707. The quantitative estimate of drug-likeness (QED) is 0.199. The van der Waals surface area contributed by atoms with Crippen LogP contribution in [0.25, 0.3) is 0 Å². The summed E-state index contributed by atoms with van der Waals surface area (Å²) < 4.78 is 0. The van der Waals surface area contributed by atoms with Crippen LogP contribution in [-0.4, -0.2) is 34.6 Å². The molecule has 0 heterocycles. The minimum atomic E-state index is -0.585. The van der Waals surface area contributed by atoms with Gasteiger partial charge in [-0.15, -0.1) is 11.8 Å². The van der Waals surface area contributed by atoms with Crippen LogP contribution in [0.2, 0.25) is 5.02 Å². The third kappa shape index (κ3) is 9.03. The first-order valence-corrected chi connectivity index (χ1v) is 13.9. The van der Waals surface area contributed by atoms with E-state index >= 15 is 0 Å². The fourth-order valence-electron chi connectivity index (χ4n) is 3.86. The highest BCUT2D eigenvalue weighted by Crippen LogP contribution is 2.22. The van der Waals surface area contributed by atoms with Crippen LogP contribution in [0.5, 0.6) is 0 Å². The second kappa shape index (κ2) is 14.7. The fourth-order valence-corrected chi connectivity index (χ4v) is 4.84. The number of rotatable bonds is 13. The lowest BCUT2D eigenvalue weighted by Gasteiger charge is -2.32. The van der Waals surface area contributed by atoms with E-state index in [0.29, 0.717) is 24.4 Å². The van der Waals surface area contributed by atoms with E-state index in [1.807, 2.05) is 98.8 Å². The van der Waals surface area contributed by atoms with Crippen molar-refractivity contribution in [3.05, 3.63) is 101 Å². The molecule has 0 unspecified atom stereocenters. The van der Waals surface area contributed by atoms with Gasteiger partial charge in [-0.25, -0.2) is 0 Å². The first kappa shape index (κ1) is 27.8. The lowest BCUT2D eigenvalue weighted by Crippen LogP contribution is -2.52. The van der Waals surface area contributed by atoms with Gasteiger partial charge in [-0.2, -0.15) is 0 Å². The molecule has 0 spiro atoms. The molecule has 36 heavy (non-hydrogen) atoms. The Morgan fingerprint density at radius 1 is 0.917 bits per heavy atom. The highest BCUT2D eigenvalue weighted by Gasteiger charge is 2.30. The van der Waals surface area contributed by atoms with Crippen LogP contribution < -0.4 is 5.32 Å². The first-order valence-electron chi connectivity index (χ1n) is 12.5. The fraction of sp³-hybridized carbons (Fsp3) is 0.333. The van der Waals surface area contributed by atoms with Crippen LogP contribution in [0.3, 0.4) is 0 Å². The van der Waals surface area contributed by atoms with Gasteiger partial charge in [0.2, 0.25) is 11.8 Å². The van der Waals surface area contributed by atoms with Gasteiger partial charge in [0, 0.05) is 35.3 Å². The molecule has 2 atom stereocenters. The molecule has 0 saturated carbocycles. The van der Waals surface area contributed by atoms with Gasteiger partial charge in [-0.05, 0) is 60.9 Å². The molecular formula is C30H35ClN2O2S. The number of benzene rings is 3. The van der Waals surface area contributed by atoms with Gasteiger partial charge >= 0.3 is 0 Å². The van der Waals surface area contributed by atoms with Crippen LogP contribution in [0.1, 0.15) is 44.2 Å². The van der Waals surface area contributed by atoms with Gasteiger partial charge in [0.05, 0.1) is 0 Å². The lowest BCUT2D eigenvalue weighted by atomic mass is 10.0. The number of thioether (sulfide) groups is 1. The second-order valence-corrected chi connectivity index (χ2v) is 10.5. The summed E-state index contributed by atoms with van der Waals surface area (Å²) in [7, 11) is 0. The summed E-state index contributed by atoms with van der Waals surface area (Å²) in [5, 5.41) is 3.83. The molecule has 0 aliphatic rings. The van der Waals surface area contributed by atoms with E-state index in [2.05, 4.69) is 5.32 Å². The summed E-state index contributed by atoms with van der Waals surface area (Å²) in [4.78, 5) is 30.0. The Morgan fingerprint density at radius 3 is 2.14 bits per heavy atom. The van der Waals surface area contributed by atoms with Gasteiger partial charge in [0.25, 0.3) is 0 Å². The van der Waals surface area contributed by atoms with Gasteiger partial charge in [-0.1, -0.05) is 79.2 Å². The van der Waals surface area contributed by atoms with E-state index in [1.165, 1.54) is 0 Å². The summed E-state index contributed by atoms with van der Waals surface area (Å²) in [6.07, 6.45) is 2.41. The summed E-state index contributed by atoms with van der Waals surface area (Å²) in [6.45, 7) is 4.44. The Hall–Kier alpha value is -2.76. The SMILES string of the molecule is CC[C@@H](C)NC(=O)[C@H](Cc1ccccc1)N(Cc1ccccc1)C(=O)CCCSc1ccc(Cl)cc1. The van der Waals surface area contributed by atoms with E-state index in [1.54, 1.807) is 16.7 Å². The Balaban J connectivity index is 1.76. The van der Waals surface area contributed by atoms with Crippen molar-refractivity contribution < 1.29 is 9.59 Å². The maximum Gasteiger partial charge on any atom is 0.243 e. The average Bonchev–Trinajstić information content (AvgIpc) is 2.90. The molecule has 3 aromatic rings. The third-order valence-corrected chi connectivity index (χ3v) is 7.44. The predicted octanol–water partition coefficient (Wildman–Crippen LogP) is 6.77. The number of nitrogens with zero attached hydrogens (tertiary/aromatic N) is 1. The number of amides is 2. The van der Waals surface area contributed by atoms with Crippen molar-refractivity contribution in [3.8, 4) is 0 Å². The molecule has 1 N–H and O–H groups in total. The number of carbonyl (C=O) groups is 2. The van der Waals surface area contributed by atoms with E-state index in [4.69, 9.17) is 11.6 Å². The Kier molecular flexibility index (Phi) is 11.4. The molecule has 0 aliphatic carbocycles. The molecule has 0 saturated heterocycles. The van der Waals surface area contributed by atoms with Crippen LogP contribution in [-0.2, 0) is 22.6 Å². The van der Waals surface area contributed by atoms with Crippen molar-refractivity contribution in [2.75, 3.05) is 5.75 Å². The van der Waals surface area contributed by atoms with Crippen molar-refractivity contribution >= 4 is 35.2 Å². The van der Waals surface area contributed by atoms with Crippen molar-refractivity contribution in [2.24, 2.45) is 0 Å². The Bertz CT molecular complexity index is 1080. The lowest BCUT2D eigenvalue weighted by molar-refractivity contribution is -0.141. The smallest absolute Gasteiger partial charge is 0.243 e. The molecule has 190 valence electrons. The molecule has 2 amide bonds. The Labute approximate surface area is 224 Å². The number of nitrogens with one attached hydrogen (secondary N) is 1. The number of hydrogen-bond acceptors (Lipinski definition) is 3. The van der Waals surface area contributed by atoms with E-state index < -0.39 is 6.04 Å². The van der Waals surface area contributed by atoms with Crippen LogP contribution >= 0.6 is 23.4 Å². The van der Waals surface area contributed by atoms with E-state index in [-0.39, 0.29) is 17.9 Å². The van der Waals surface area contributed by atoms with Crippen molar-refractivity contribution in [1.82, 2.24) is 10.2 Å². The summed E-state index contributed by atoms with van der Waals surface area (Å²) in [6, 6.07) is 27.0. The molecule has 0 aromatic heterocycles. The molecule has 4 nitrogen and oxygen atoms in total. The summed E-state index contributed by atoms with van der Waals surface area (Å²) in [5.41, 5.74) is 2.04. The predicted molar refractivity (Wildman–Crippen MR) is 150 cm³/mol. The number of hydrogen-bond donors (Lipinski definition) is 1. The normalized spacial score (nSPS) is 12.5. The van der Waals surface area contributed by atoms with E-state index in [9.17, 15) is 9.59 Å². The van der Waals surface area contributed by atoms with Crippen molar-refractivity contribution in [1.29, 1.82) is 0 Å². The average molecular weight is 523 g/mol. The highest BCUT2D eigenvalue weighted by atomic mass is 35.5. The van der Waals surface area contributed by atoms with Gasteiger partial charge < -0.3 is 10.2 Å². The maximum absolute atomic E-state index is 13.6. The topological polar surface area (TPSA) is 49.4 Å². The maximum atomic E-state index is 13.6. The highest BCUT2D eigenvalue weighted by molar-refractivity contribution is 7.99. The van der Waals surface area contributed by atoms with Crippen LogP contribution in [0.4, 0.5) is 0 Å². The zero-order valence-corrected chi connectivity index (χ0v) is 22.6. The molecule has 0 radical (unpaired) electrons. The molecule has 3 rings (SSSR count). The van der Waals surface area contributed by atoms with Crippen molar-refractivity contribution in [3.63, 3.8) is 0 Å². The molecular weight excluding hydrogens is 488 g/mol. The largest absolute Gasteiger partial charge is 0.352 e. The molecule has 6 heteroatoms. The number of halogens is 1. The summed E-state index contributed by atoms with van der Waals surface area (Å²) >= 11 is 7.68. The minimum absolute atomic E-state index is 0.00390. The molecule has 3 aromatic carbocycles. The molecule has 0 bridgehead atoms. The van der Waals surface area contributed by atoms with Gasteiger partial charge in [-0.3, -0.25) is 9.59 Å². The third-order valence-electron chi connectivity index (χ3n) is 6.09. The first-order chi connectivity index (χ1) is 17.5. The zero-order chi connectivity index (χ0) is 25.8. The van der Waals surface area contributed by atoms with Crippen molar-refractivity contribution in [2.45, 2.75) is 63.1 Å². The standard InChI is InChI=1S/C30H35ClN2O2S/c1-3-23(2)32-30(35)28(21-24-11-6-4-7-12-24)33(22-25-13-8-5-9-14-25)29(34)15-10-20-36-27-18-16-26(31)17-19-27/h4-9,11-14,16-19,23,28H,3,10,15,20-22H2,1-2H3,(H,32,35)/t23-,28+/m1/s1. The van der Waals surface area contributed by atoms with Gasteiger partial charge in [0.15, 0.2) is 0 Å². The molecule has 0 fully saturated rings. The zero-order valence-electron chi connectivity index (χ0n) is 21.0. The van der Waals surface area contributed by atoms with Gasteiger partial charge in [0.1, 0.15) is 6.04 Å². The number of carbonyl (C=O) groups excluding carboxylic acids is 2. The van der Waals surface area contributed by atoms with Crippen LogP contribution in [0, 0.1) is 0 Å². The molecule has 0 aliphatic heterocycles. The van der Waals surface area contributed by atoms with E-state index in [0.717, 1.165) is 34.6 Å². The minimum Gasteiger partial charge on any atom is -0.352 e.